The highest BCUT2D eigenvalue weighted by molar-refractivity contribution is 5.93. The Kier molecular flexibility index (Phi) is 4.30. The van der Waals surface area contributed by atoms with Crippen LogP contribution in [0.25, 0.3) is 0 Å². The van der Waals surface area contributed by atoms with E-state index in [0.29, 0.717) is 18.7 Å². The summed E-state index contributed by atoms with van der Waals surface area (Å²) in [7, 11) is 0. The standard InChI is InChI=1S/C13H15NO4/c15-12(14-10-5-2-1-3-6-10)9-18-13(16)11-7-4-8-17-11/h1-3,5-6,11H,4,7-9H2,(H,14,15)/t11-/m1/s1. The van der Waals surface area contributed by atoms with Gasteiger partial charge in [0, 0.05) is 12.3 Å². The maximum atomic E-state index is 11.5. The first-order valence-electron chi connectivity index (χ1n) is 5.89. The zero-order valence-corrected chi connectivity index (χ0v) is 9.93. The third kappa shape index (κ3) is 3.56. The van der Waals surface area contributed by atoms with Gasteiger partial charge >= 0.3 is 5.97 Å². The molecule has 0 unspecified atom stereocenters. The summed E-state index contributed by atoms with van der Waals surface area (Å²) in [5.74, 6) is -0.816. The SMILES string of the molecule is O=C(COC(=O)[C@H]1CCCO1)Nc1ccccc1. The molecule has 1 fully saturated rings. The van der Waals surface area contributed by atoms with Crippen LogP contribution in [0.4, 0.5) is 5.69 Å². The topological polar surface area (TPSA) is 64.6 Å². The number of esters is 1. The average Bonchev–Trinajstić information content (AvgIpc) is 2.91. The zero-order chi connectivity index (χ0) is 12.8. The molecule has 0 radical (unpaired) electrons. The van der Waals surface area contributed by atoms with Crippen LogP contribution in [0.5, 0.6) is 0 Å². The number of benzene rings is 1. The van der Waals surface area contributed by atoms with Gasteiger partial charge in [0.05, 0.1) is 0 Å². The molecule has 1 aromatic rings. The molecule has 5 nitrogen and oxygen atoms in total. The number of rotatable bonds is 4. The van der Waals surface area contributed by atoms with Gasteiger partial charge in [0.25, 0.3) is 5.91 Å². The van der Waals surface area contributed by atoms with Crippen molar-refractivity contribution in [1.29, 1.82) is 0 Å². The Morgan fingerprint density at radius 2 is 2.11 bits per heavy atom. The summed E-state index contributed by atoms with van der Waals surface area (Å²) in [6, 6.07) is 9.01. The number of hydrogen-bond acceptors (Lipinski definition) is 4. The molecule has 1 saturated heterocycles. The van der Waals surface area contributed by atoms with E-state index in [4.69, 9.17) is 9.47 Å². The summed E-state index contributed by atoms with van der Waals surface area (Å²) < 4.78 is 10.0. The van der Waals surface area contributed by atoms with E-state index in [2.05, 4.69) is 5.32 Å². The Bertz CT molecular complexity index is 412. The van der Waals surface area contributed by atoms with Gasteiger partial charge in [-0.3, -0.25) is 4.79 Å². The fourth-order valence-corrected chi connectivity index (χ4v) is 1.71. The molecule has 0 aliphatic carbocycles. The summed E-state index contributed by atoms with van der Waals surface area (Å²) in [6.45, 7) is 0.295. The van der Waals surface area contributed by atoms with Crippen LogP contribution in [0.1, 0.15) is 12.8 Å². The van der Waals surface area contributed by atoms with Crippen molar-refractivity contribution in [2.45, 2.75) is 18.9 Å². The summed E-state index contributed by atoms with van der Waals surface area (Å²) in [4.78, 5) is 23.0. The van der Waals surface area contributed by atoms with E-state index in [1.54, 1.807) is 12.1 Å². The quantitative estimate of drug-likeness (QED) is 0.818. The van der Waals surface area contributed by atoms with Gasteiger partial charge in [0.15, 0.2) is 12.7 Å². The first-order chi connectivity index (χ1) is 8.75. The van der Waals surface area contributed by atoms with E-state index in [-0.39, 0.29) is 12.5 Å². The van der Waals surface area contributed by atoms with Gasteiger partial charge < -0.3 is 14.8 Å². The fraction of sp³-hybridized carbons (Fsp3) is 0.385. The molecule has 2 rings (SSSR count). The molecule has 1 aromatic carbocycles. The normalized spacial score (nSPS) is 18.3. The molecule has 1 aliphatic heterocycles. The molecule has 5 heteroatoms. The number of carbonyl (C=O) groups is 2. The summed E-state index contributed by atoms with van der Waals surface area (Å²) in [6.07, 6.45) is 1.02. The van der Waals surface area contributed by atoms with Crippen molar-refractivity contribution in [3.63, 3.8) is 0 Å². The van der Waals surface area contributed by atoms with Gasteiger partial charge in [-0.05, 0) is 25.0 Å². The Balaban J connectivity index is 1.73. The largest absolute Gasteiger partial charge is 0.454 e. The molecular weight excluding hydrogens is 234 g/mol. The molecule has 0 saturated carbocycles. The lowest BCUT2D eigenvalue weighted by Gasteiger charge is -2.09. The van der Waals surface area contributed by atoms with Gasteiger partial charge in [0.1, 0.15) is 0 Å². The maximum absolute atomic E-state index is 11.5. The fourth-order valence-electron chi connectivity index (χ4n) is 1.71. The molecule has 1 heterocycles. The minimum Gasteiger partial charge on any atom is -0.454 e. The monoisotopic (exact) mass is 249 g/mol. The van der Waals surface area contributed by atoms with Crippen molar-refractivity contribution in [3.05, 3.63) is 30.3 Å². The van der Waals surface area contributed by atoms with Crippen molar-refractivity contribution < 1.29 is 19.1 Å². The zero-order valence-electron chi connectivity index (χ0n) is 9.93. The highest BCUT2D eigenvalue weighted by Gasteiger charge is 2.25. The number of hydrogen-bond donors (Lipinski definition) is 1. The molecule has 1 N–H and O–H groups in total. The number of para-hydroxylation sites is 1. The lowest BCUT2D eigenvalue weighted by atomic mass is 10.2. The van der Waals surface area contributed by atoms with Crippen LogP contribution in [0.2, 0.25) is 0 Å². The van der Waals surface area contributed by atoms with E-state index >= 15 is 0 Å². The van der Waals surface area contributed by atoms with Gasteiger partial charge in [0.2, 0.25) is 0 Å². The van der Waals surface area contributed by atoms with E-state index in [1.807, 2.05) is 18.2 Å². The predicted octanol–water partition coefficient (Wildman–Crippen LogP) is 1.35. The number of ether oxygens (including phenoxy) is 2. The second-order valence-electron chi connectivity index (χ2n) is 4.02. The molecule has 1 aliphatic rings. The van der Waals surface area contributed by atoms with Crippen LogP contribution < -0.4 is 5.32 Å². The average molecular weight is 249 g/mol. The molecule has 0 spiro atoms. The number of amides is 1. The number of carbonyl (C=O) groups excluding carboxylic acids is 2. The van der Waals surface area contributed by atoms with Crippen molar-refractivity contribution in [3.8, 4) is 0 Å². The summed E-state index contributed by atoms with van der Waals surface area (Å²) in [5.41, 5.74) is 0.677. The Labute approximate surface area is 105 Å². The second kappa shape index (κ2) is 6.16. The summed E-state index contributed by atoms with van der Waals surface area (Å²) in [5, 5.41) is 2.63. The first kappa shape index (κ1) is 12.6. The van der Waals surface area contributed by atoms with E-state index in [9.17, 15) is 9.59 Å². The molecule has 0 bridgehead atoms. The van der Waals surface area contributed by atoms with E-state index < -0.39 is 12.1 Å². The van der Waals surface area contributed by atoms with Crippen molar-refractivity contribution >= 4 is 17.6 Å². The Morgan fingerprint density at radius 3 is 2.78 bits per heavy atom. The van der Waals surface area contributed by atoms with Crippen molar-refractivity contribution in [2.24, 2.45) is 0 Å². The predicted molar refractivity (Wildman–Crippen MR) is 65.0 cm³/mol. The molecule has 18 heavy (non-hydrogen) atoms. The third-order valence-electron chi connectivity index (χ3n) is 2.60. The first-order valence-corrected chi connectivity index (χ1v) is 5.89. The van der Waals surface area contributed by atoms with Crippen molar-refractivity contribution in [2.75, 3.05) is 18.5 Å². The molecule has 1 amide bonds. The van der Waals surface area contributed by atoms with Gasteiger partial charge in [-0.2, -0.15) is 0 Å². The smallest absolute Gasteiger partial charge is 0.335 e. The highest BCUT2D eigenvalue weighted by Crippen LogP contribution is 2.13. The van der Waals surface area contributed by atoms with Crippen LogP contribution in [-0.2, 0) is 19.1 Å². The maximum Gasteiger partial charge on any atom is 0.335 e. The van der Waals surface area contributed by atoms with Gasteiger partial charge in [-0.1, -0.05) is 18.2 Å². The Morgan fingerprint density at radius 1 is 1.33 bits per heavy atom. The van der Waals surface area contributed by atoms with Crippen LogP contribution in [-0.4, -0.2) is 31.2 Å². The van der Waals surface area contributed by atoms with E-state index in [0.717, 1.165) is 6.42 Å². The molecule has 96 valence electrons. The van der Waals surface area contributed by atoms with Crippen LogP contribution in [0, 0.1) is 0 Å². The minimum atomic E-state index is -0.505. The molecule has 0 aromatic heterocycles. The molecule has 1 atom stereocenters. The molecular formula is C13H15NO4. The van der Waals surface area contributed by atoms with E-state index in [1.165, 1.54) is 0 Å². The second-order valence-corrected chi connectivity index (χ2v) is 4.02. The number of anilines is 1. The number of nitrogens with one attached hydrogen (secondary N) is 1. The van der Waals surface area contributed by atoms with Gasteiger partial charge in [-0.25, -0.2) is 4.79 Å². The third-order valence-corrected chi connectivity index (χ3v) is 2.60. The van der Waals surface area contributed by atoms with Gasteiger partial charge in [-0.15, -0.1) is 0 Å². The lowest BCUT2D eigenvalue weighted by Crippen LogP contribution is -2.27. The van der Waals surface area contributed by atoms with Crippen LogP contribution in [0.15, 0.2) is 30.3 Å². The van der Waals surface area contributed by atoms with Crippen LogP contribution in [0.3, 0.4) is 0 Å². The minimum absolute atomic E-state index is 0.284. The van der Waals surface area contributed by atoms with Crippen molar-refractivity contribution in [1.82, 2.24) is 0 Å². The van der Waals surface area contributed by atoms with Crippen LogP contribution >= 0.6 is 0 Å². The summed E-state index contributed by atoms with van der Waals surface area (Å²) >= 11 is 0. The Hall–Kier alpha value is -1.88. The lowest BCUT2D eigenvalue weighted by molar-refractivity contribution is -0.156. The highest BCUT2D eigenvalue weighted by atomic mass is 16.6.